The van der Waals surface area contributed by atoms with Gasteiger partial charge in [-0.1, -0.05) is 0 Å². The molecule has 3 rings (SSSR count). The SMILES string of the molecule is COc1ccc2c(CNc3cc(OC)c(OC)c(OC)c3)cc(=O)oc2c1. The first-order valence-electron chi connectivity index (χ1n) is 8.24. The maximum Gasteiger partial charge on any atom is 0.336 e. The van der Waals surface area contributed by atoms with Crippen LogP contribution in [0.2, 0.25) is 0 Å². The molecule has 0 aliphatic heterocycles. The van der Waals surface area contributed by atoms with Crippen LogP contribution < -0.4 is 29.9 Å². The molecule has 2 aromatic carbocycles. The molecule has 0 spiro atoms. The molecule has 7 heteroatoms. The standard InChI is InChI=1S/C20H21NO6/c1-23-14-5-6-15-12(7-19(22)27-16(15)10-14)11-21-13-8-17(24-2)20(26-4)18(9-13)25-3/h5-10,21H,11H2,1-4H3. The number of ether oxygens (including phenoxy) is 4. The summed E-state index contributed by atoms with van der Waals surface area (Å²) < 4.78 is 26.5. The van der Waals surface area contributed by atoms with Crippen LogP contribution in [0.1, 0.15) is 5.56 Å². The third-order valence-electron chi connectivity index (χ3n) is 4.19. The highest BCUT2D eigenvalue weighted by Crippen LogP contribution is 2.40. The summed E-state index contributed by atoms with van der Waals surface area (Å²) in [6, 6.07) is 10.5. The molecule has 0 fully saturated rings. The average molecular weight is 371 g/mol. The Bertz CT molecular complexity index is 986. The Morgan fingerprint density at radius 3 is 2.19 bits per heavy atom. The number of hydrogen-bond acceptors (Lipinski definition) is 7. The molecule has 142 valence electrons. The van der Waals surface area contributed by atoms with E-state index in [2.05, 4.69) is 5.32 Å². The second-order valence-electron chi connectivity index (χ2n) is 5.72. The molecule has 0 aliphatic carbocycles. The third-order valence-corrected chi connectivity index (χ3v) is 4.19. The minimum atomic E-state index is -0.419. The average Bonchev–Trinajstić information content (AvgIpc) is 2.70. The van der Waals surface area contributed by atoms with Gasteiger partial charge in [-0.15, -0.1) is 0 Å². The fourth-order valence-corrected chi connectivity index (χ4v) is 2.86. The Balaban J connectivity index is 1.94. The van der Waals surface area contributed by atoms with Crippen LogP contribution in [-0.2, 0) is 6.54 Å². The Morgan fingerprint density at radius 2 is 1.59 bits per heavy atom. The van der Waals surface area contributed by atoms with E-state index in [1.807, 2.05) is 12.1 Å². The molecule has 27 heavy (non-hydrogen) atoms. The summed E-state index contributed by atoms with van der Waals surface area (Å²) >= 11 is 0. The zero-order chi connectivity index (χ0) is 19.4. The van der Waals surface area contributed by atoms with E-state index in [1.165, 1.54) is 6.07 Å². The van der Waals surface area contributed by atoms with Crippen LogP contribution in [0.4, 0.5) is 5.69 Å². The molecule has 0 amide bonds. The quantitative estimate of drug-likeness (QED) is 0.637. The van der Waals surface area contributed by atoms with Crippen LogP contribution in [0, 0.1) is 0 Å². The summed E-state index contributed by atoms with van der Waals surface area (Å²) in [6.45, 7) is 0.410. The van der Waals surface area contributed by atoms with Gasteiger partial charge in [-0.2, -0.15) is 0 Å². The lowest BCUT2D eigenvalue weighted by Gasteiger charge is -2.15. The lowest BCUT2D eigenvalue weighted by molar-refractivity contribution is 0.324. The van der Waals surface area contributed by atoms with Crippen molar-refractivity contribution in [2.45, 2.75) is 6.54 Å². The van der Waals surface area contributed by atoms with Crippen LogP contribution in [0.15, 0.2) is 45.6 Å². The molecule has 1 heterocycles. The highest BCUT2D eigenvalue weighted by Gasteiger charge is 2.14. The van der Waals surface area contributed by atoms with Crippen molar-refractivity contribution in [3.63, 3.8) is 0 Å². The second-order valence-corrected chi connectivity index (χ2v) is 5.72. The lowest BCUT2D eigenvalue weighted by Crippen LogP contribution is -2.06. The first-order valence-corrected chi connectivity index (χ1v) is 8.24. The predicted octanol–water partition coefficient (Wildman–Crippen LogP) is 3.44. The molecule has 7 nitrogen and oxygen atoms in total. The Morgan fingerprint density at radius 1 is 0.889 bits per heavy atom. The van der Waals surface area contributed by atoms with Gasteiger partial charge in [0, 0.05) is 41.9 Å². The van der Waals surface area contributed by atoms with Gasteiger partial charge >= 0.3 is 5.63 Å². The Kier molecular flexibility index (Phi) is 5.40. The first kappa shape index (κ1) is 18.4. The number of methoxy groups -OCH3 is 4. The fourth-order valence-electron chi connectivity index (χ4n) is 2.86. The van der Waals surface area contributed by atoms with Gasteiger partial charge in [-0.3, -0.25) is 0 Å². The predicted molar refractivity (Wildman–Crippen MR) is 102 cm³/mol. The van der Waals surface area contributed by atoms with Crippen molar-refractivity contribution in [2.24, 2.45) is 0 Å². The molecule has 0 saturated heterocycles. The fraction of sp³-hybridized carbons (Fsp3) is 0.250. The molecule has 3 aromatic rings. The van der Waals surface area contributed by atoms with Crippen molar-refractivity contribution in [3.05, 3.63) is 52.4 Å². The zero-order valence-electron chi connectivity index (χ0n) is 15.6. The number of rotatable bonds is 7. The number of hydrogen-bond donors (Lipinski definition) is 1. The molecule has 0 radical (unpaired) electrons. The maximum absolute atomic E-state index is 11.9. The van der Waals surface area contributed by atoms with Crippen LogP contribution in [-0.4, -0.2) is 28.4 Å². The highest BCUT2D eigenvalue weighted by molar-refractivity contribution is 5.81. The molecule has 0 unspecified atom stereocenters. The van der Waals surface area contributed by atoms with E-state index in [1.54, 1.807) is 46.6 Å². The molecule has 0 bridgehead atoms. The summed E-state index contributed by atoms with van der Waals surface area (Å²) in [5.74, 6) is 2.23. The molecular formula is C20H21NO6. The van der Waals surface area contributed by atoms with Gasteiger partial charge in [0.1, 0.15) is 11.3 Å². The second kappa shape index (κ2) is 7.90. The van der Waals surface area contributed by atoms with E-state index >= 15 is 0 Å². The van der Waals surface area contributed by atoms with Crippen LogP contribution in [0.5, 0.6) is 23.0 Å². The van der Waals surface area contributed by atoms with E-state index in [-0.39, 0.29) is 0 Å². The lowest BCUT2D eigenvalue weighted by atomic mass is 10.1. The van der Waals surface area contributed by atoms with Crippen molar-refractivity contribution < 1.29 is 23.4 Å². The topological polar surface area (TPSA) is 79.2 Å². The van der Waals surface area contributed by atoms with Crippen molar-refractivity contribution in [1.29, 1.82) is 0 Å². The minimum Gasteiger partial charge on any atom is -0.497 e. The zero-order valence-corrected chi connectivity index (χ0v) is 15.6. The normalized spacial score (nSPS) is 10.5. The van der Waals surface area contributed by atoms with E-state index in [9.17, 15) is 4.79 Å². The summed E-state index contributed by atoms with van der Waals surface area (Å²) in [5, 5.41) is 4.11. The van der Waals surface area contributed by atoms with Gasteiger partial charge < -0.3 is 28.7 Å². The van der Waals surface area contributed by atoms with Crippen molar-refractivity contribution in [3.8, 4) is 23.0 Å². The van der Waals surface area contributed by atoms with E-state index in [0.29, 0.717) is 35.1 Å². The van der Waals surface area contributed by atoms with Gasteiger partial charge in [-0.05, 0) is 17.7 Å². The molecular weight excluding hydrogens is 350 g/mol. The van der Waals surface area contributed by atoms with Gasteiger partial charge in [0.2, 0.25) is 5.75 Å². The van der Waals surface area contributed by atoms with Crippen LogP contribution in [0.3, 0.4) is 0 Å². The van der Waals surface area contributed by atoms with Gasteiger partial charge in [0.25, 0.3) is 0 Å². The highest BCUT2D eigenvalue weighted by atomic mass is 16.5. The summed E-state index contributed by atoms with van der Waals surface area (Å²) in [5.41, 5.74) is 1.62. The van der Waals surface area contributed by atoms with E-state index < -0.39 is 5.63 Å². The largest absolute Gasteiger partial charge is 0.497 e. The molecule has 0 saturated carbocycles. The Labute approximate surface area is 156 Å². The summed E-state index contributed by atoms with van der Waals surface area (Å²) in [4.78, 5) is 11.9. The summed E-state index contributed by atoms with van der Waals surface area (Å²) in [6.07, 6.45) is 0. The van der Waals surface area contributed by atoms with Crippen LogP contribution >= 0.6 is 0 Å². The van der Waals surface area contributed by atoms with Gasteiger partial charge in [-0.25, -0.2) is 4.79 Å². The van der Waals surface area contributed by atoms with E-state index in [4.69, 9.17) is 23.4 Å². The Hall–Kier alpha value is -3.35. The number of nitrogens with one attached hydrogen (secondary N) is 1. The smallest absolute Gasteiger partial charge is 0.336 e. The van der Waals surface area contributed by atoms with Gasteiger partial charge in [0.15, 0.2) is 11.5 Å². The molecule has 1 N–H and O–H groups in total. The van der Waals surface area contributed by atoms with E-state index in [0.717, 1.165) is 16.6 Å². The molecule has 1 aromatic heterocycles. The van der Waals surface area contributed by atoms with Crippen molar-refractivity contribution >= 4 is 16.7 Å². The third kappa shape index (κ3) is 3.76. The molecule has 0 atom stereocenters. The number of anilines is 1. The van der Waals surface area contributed by atoms with Crippen LogP contribution in [0.25, 0.3) is 11.0 Å². The monoisotopic (exact) mass is 371 g/mol. The maximum atomic E-state index is 11.9. The molecule has 0 aliphatic rings. The van der Waals surface area contributed by atoms with Gasteiger partial charge in [0.05, 0.1) is 28.4 Å². The number of fused-ring (bicyclic) bond motifs is 1. The van der Waals surface area contributed by atoms with Crippen molar-refractivity contribution in [1.82, 2.24) is 0 Å². The minimum absolute atomic E-state index is 0.410. The first-order chi connectivity index (χ1) is 13.1. The van der Waals surface area contributed by atoms with Crippen molar-refractivity contribution in [2.75, 3.05) is 33.8 Å². The summed E-state index contributed by atoms with van der Waals surface area (Å²) in [7, 11) is 6.24. The number of benzene rings is 2.